The smallest absolute Gasteiger partial charge is 0.305 e. The molecule has 23 N–H and O–H groups in total. The largest absolute Gasteiger partial charge is 0.497 e. The van der Waals surface area contributed by atoms with E-state index in [1.54, 1.807) is 79.0 Å². The molecule has 45 heteroatoms. The number of methoxy groups -OCH3 is 1. The molecule has 5 heterocycles. The molecular formula is C88H123N21O23S. The Labute approximate surface area is 771 Å². The van der Waals surface area contributed by atoms with Gasteiger partial charge in [0.1, 0.15) is 90.3 Å². The summed E-state index contributed by atoms with van der Waals surface area (Å²) in [4.78, 5) is 285. The van der Waals surface area contributed by atoms with Gasteiger partial charge in [0.2, 0.25) is 100 Å². The second-order valence-electron chi connectivity index (χ2n) is 33.3. The number of thioether (sulfide) groups is 1. The van der Waals surface area contributed by atoms with Gasteiger partial charge >= 0.3 is 11.9 Å². The molecule has 17 amide bonds. The van der Waals surface area contributed by atoms with Gasteiger partial charge in [-0.2, -0.15) is 0 Å². The average molecular weight is 1880 g/mol. The molecule has 3 fully saturated rings. The van der Waals surface area contributed by atoms with E-state index >= 15 is 33.6 Å². The van der Waals surface area contributed by atoms with Gasteiger partial charge < -0.3 is 131 Å². The van der Waals surface area contributed by atoms with Gasteiger partial charge in [0.05, 0.1) is 38.4 Å². The number of aliphatic hydroxyl groups is 1. The number of nitrogens with two attached hydrogens (primary N) is 4. The van der Waals surface area contributed by atoms with Gasteiger partial charge in [-0.1, -0.05) is 88.1 Å². The highest BCUT2D eigenvalue weighted by Gasteiger charge is 2.47. The Morgan fingerprint density at radius 1 is 0.511 bits per heavy atom. The fraction of sp³-hybridized carbons (Fsp3) is 0.534. The average Bonchev–Trinajstić information content (AvgIpc) is 1.76. The van der Waals surface area contributed by atoms with Gasteiger partial charge in [0.25, 0.3) is 0 Å². The number of ether oxygens (including phenoxy) is 1. The van der Waals surface area contributed by atoms with Crippen LogP contribution in [0.25, 0.3) is 21.8 Å². The summed E-state index contributed by atoms with van der Waals surface area (Å²) in [5.74, 6) is -21.0. The number of rotatable bonds is 27. The summed E-state index contributed by atoms with van der Waals surface area (Å²) < 4.78 is 5.32. The topological polar surface area (TPSA) is 666 Å². The lowest BCUT2D eigenvalue weighted by Crippen LogP contribution is -2.61. The molecule has 0 unspecified atom stereocenters. The van der Waals surface area contributed by atoms with Gasteiger partial charge in [0, 0.05) is 113 Å². The standard InChI is InChI=1S/C88H123N21O23S/c1-8-10-23-66-81(124)97-57(22-16-32-89)77(120)104-65(76(119)95-43-71(92)112)45-133-46-72(113)96-61(34-48-26-28-52(132-7)29-27-48)84(127)105(4)47(3)75(118)101-63(38-70(91)111)87(130)108-33-17-25-67(108)82(125)103-64(40-90)80(123)98-58(30-31-73(114)115)86(129)109-44-51(110)37-69(109)83(126)100-59(35-49-41-93-55-20-14-12-18-53(49)55)78(121)99-60(39-74(116)117)79(122)102-62(36-50-42-94-56-21-15-13-19-54(50)56)85(128)107(6)68(24-11-9-2)88(131)106(66)5/h12-15,18-21,26-29,41-42,47,51,57-69,93-94,110H,8-11,16-17,22-25,30-40,43-46,89-90H2,1-7H3,(H2,91,111)(H2,92,112)(H,95,119)(H,96,113)(H,97,124)(H,98,123)(H,99,121)(H,100,126)(H,101,118)(H,102,122)(H,103,125)(H,104,120)(H,114,115)(H,116,117)/t47-,51+,57-,58-,59-,60-,61-,62-,63-,64-,65-,66-,67-,68-,69-/m0/s1. The third-order valence-corrected chi connectivity index (χ3v) is 24.7. The molecular weight excluding hydrogens is 1750 g/mol. The predicted octanol–water partition coefficient (Wildman–Crippen LogP) is -3.86. The number of fused-ring (bicyclic) bond motifs is 4. The molecule has 44 nitrogen and oxygen atoms in total. The van der Waals surface area contributed by atoms with Gasteiger partial charge in [-0.3, -0.25) is 91.1 Å². The van der Waals surface area contributed by atoms with E-state index in [2.05, 4.69) is 63.1 Å². The summed E-state index contributed by atoms with van der Waals surface area (Å²) in [5, 5.41) is 58.4. The van der Waals surface area contributed by atoms with Crippen molar-refractivity contribution in [2.45, 2.75) is 227 Å². The number of hydrogen-bond donors (Lipinski definition) is 19. The van der Waals surface area contributed by atoms with Gasteiger partial charge in [-0.25, -0.2) is 0 Å². The summed E-state index contributed by atoms with van der Waals surface area (Å²) in [5.41, 5.74) is 25.7. The lowest BCUT2D eigenvalue weighted by molar-refractivity contribution is -0.149. The molecule has 3 aliphatic rings. The minimum absolute atomic E-state index is 0.0158. The van der Waals surface area contributed by atoms with Crippen molar-refractivity contribution in [3.63, 3.8) is 0 Å². The molecule has 2 aromatic heterocycles. The van der Waals surface area contributed by atoms with Crippen LogP contribution in [0.1, 0.15) is 134 Å². The van der Waals surface area contributed by atoms with E-state index in [9.17, 15) is 72.9 Å². The maximum absolute atomic E-state index is 15.7. The predicted molar refractivity (Wildman–Crippen MR) is 483 cm³/mol. The number of nitrogens with one attached hydrogen (secondary N) is 12. The number of nitrogens with zero attached hydrogens (tertiary/aromatic N) is 5. The molecule has 0 aliphatic carbocycles. The van der Waals surface area contributed by atoms with E-state index in [0.29, 0.717) is 69.9 Å². The Morgan fingerprint density at radius 2 is 1.04 bits per heavy atom. The number of carboxylic acids is 2. The third-order valence-electron chi connectivity index (χ3n) is 23.6. The molecule has 0 saturated carbocycles. The number of unbranched alkanes of at least 4 members (excludes halogenated alkanes) is 2. The van der Waals surface area contributed by atoms with Crippen molar-refractivity contribution < 1.29 is 111 Å². The first-order valence-corrected chi connectivity index (χ1v) is 45.3. The van der Waals surface area contributed by atoms with Crippen molar-refractivity contribution in [2.24, 2.45) is 22.9 Å². The van der Waals surface area contributed by atoms with E-state index in [-0.39, 0.29) is 64.5 Å². The molecule has 3 aliphatic heterocycles. The lowest BCUT2D eigenvalue weighted by atomic mass is 9.99. The summed E-state index contributed by atoms with van der Waals surface area (Å²) in [6, 6.07) is -3.10. The maximum atomic E-state index is 15.7. The zero-order valence-electron chi connectivity index (χ0n) is 75.4. The van der Waals surface area contributed by atoms with Crippen molar-refractivity contribution >= 4 is 146 Å². The first-order valence-electron chi connectivity index (χ1n) is 44.1. The number of carbonyl (C=O) groups excluding carboxylic acids is 17. The van der Waals surface area contributed by atoms with E-state index in [0.717, 1.165) is 36.3 Å². The van der Waals surface area contributed by atoms with Crippen molar-refractivity contribution in [1.82, 2.24) is 87.6 Å². The number of aromatic nitrogens is 2. The fourth-order valence-corrected chi connectivity index (χ4v) is 17.0. The van der Waals surface area contributed by atoms with Crippen LogP contribution in [-0.4, -0.2) is 325 Å². The van der Waals surface area contributed by atoms with Crippen molar-refractivity contribution in [3.8, 4) is 5.75 Å². The van der Waals surface area contributed by atoms with Crippen LogP contribution >= 0.6 is 11.8 Å². The number of aromatic amines is 2. The molecule has 0 spiro atoms. The molecule has 3 saturated heterocycles. The number of para-hydroxylation sites is 2. The Kier molecular flexibility index (Phi) is 39.8. The molecule has 15 atom stereocenters. The number of likely N-dealkylation sites (N-methyl/N-ethyl adjacent to an activating group) is 3. The number of carbonyl (C=O) groups is 19. The first-order chi connectivity index (χ1) is 63.3. The highest BCUT2D eigenvalue weighted by atomic mass is 32.2. The number of carboxylic acid groups (broad SMARTS) is 2. The first kappa shape index (κ1) is 105. The highest BCUT2D eigenvalue weighted by Crippen LogP contribution is 2.28. The number of aliphatic hydroxyl groups excluding tert-OH is 1. The quantitative estimate of drug-likeness (QED) is 0.0239. The second-order valence-corrected chi connectivity index (χ2v) is 34.3. The summed E-state index contributed by atoms with van der Waals surface area (Å²) in [6.45, 7) is 2.65. The number of aliphatic carboxylic acids is 2. The number of amides is 17. The normalized spacial score (nSPS) is 24.9. The number of hydrogen-bond acceptors (Lipinski definition) is 24. The third kappa shape index (κ3) is 29.3. The Bertz CT molecular complexity index is 5030. The molecule has 724 valence electrons. The van der Waals surface area contributed by atoms with Gasteiger partial charge in [-0.05, 0) is 99.4 Å². The fourth-order valence-electron chi connectivity index (χ4n) is 16.1. The van der Waals surface area contributed by atoms with Gasteiger partial charge in [0.15, 0.2) is 0 Å². The van der Waals surface area contributed by atoms with E-state index < -0.39 is 273 Å². The molecule has 3 aromatic carbocycles. The van der Waals surface area contributed by atoms with Crippen LogP contribution in [0.4, 0.5) is 0 Å². The number of benzene rings is 3. The van der Waals surface area contributed by atoms with E-state index in [4.69, 9.17) is 27.7 Å². The van der Waals surface area contributed by atoms with Gasteiger partial charge in [-0.15, -0.1) is 11.8 Å². The number of H-pyrrole nitrogens is 2. The van der Waals surface area contributed by atoms with Crippen LogP contribution < -0.4 is 80.8 Å². The summed E-state index contributed by atoms with van der Waals surface area (Å²) in [7, 11) is 5.25. The minimum Gasteiger partial charge on any atom is -0.497 e. The molecule has 0 radical (unpaired) electrons. The Hall–Kier alpha value is -13.3. The molecule has 0 bridgehead atoms. The summed E-state index contributed by atoms with van der Waals surface area (Å²) >= 11 is 0.773. The number of primary amides is 2. The Balaban J connectivity index is 1.20. The Morgan fingerprint density at radius 3 is 1.63 bits per heavy atom. The van der Waals surface area contributed by atoms with Crippen LogP contribution in [0, 0.1) is 0 Å². The van der Waals surface area contributed by atoms with Crippen LogP contribution in [0.3, 0.4) is 0 Å². The van der Waals surface area contributed by atoms with Crippen molar-refractivity contribution in [1.29, 1.82) is 0 Å². The highest BCUT2D eigenvalue weighted by molar-refractivity contribution is 8.00. The minimum atomic E-state index is -2.09. The maximum Gasteiger partial charge on any atom is 0.305 e. The monoisotopic (exact) mass is 1870 g/mol. The molecule has 133 heavy (non-hydrogen) atoms. The van der Waals surface area contributed by atoms with Crippen molar-refractivity contribution in [3.05, 3.63) is 102 Å². The van der Waals surface area contributed by atoms with E-state index in [1.807, 2.05) is 13.8 Å². The lowest BCUT2D eigenvalue weighted by Gasteiger charge is -2.36. The zero-order chi connectivity index (χ0) is 97.6. The molecule has 8 rings (SSSR count). The molecule has 5 aromatic rings. The van der Waals surface area contributed by atoms with Crippen LogP contribution in [-0.2, 0) is 110 Å². The SMILES string of the molecule is CCCC[C@H]1C(=O)N(C)[C@@H](CCCC)C(=O)N[C@@H](CCCN)C(=O)N[C@H](C(=O)NCC(N)=O)CSCC(=O)N[C@@H](Cc2ccc(OC)cc2)C(=O)N(C)[C@@H](C)C(=O)N[C@@H](CC(N)=O)C(=O)N2CCC[C@H]2C(=O)N[C@@H](CN)C(=O)N[C@@H](CCC(=O)O)C(=O)N2C[C@H](O)C[C@H]2C(=O)N[C@@H](Cc2c[nH]c3ccccc23)C(=O)N[C@@H](CC(=O)O)C(=O)N[C@@H](Cc2c[nH]c3ccccc23)C(=O)N1C. The summed E-state index contributed by atoms with van der Waals surface area (Å²) in [6.07, 6.45) is -1.99. The van der Waals surface area contributed by atoms with E-state index in [1.165, 1.54) is 41.4 Å². The van der Waals surface area contributed by atoms with Crippen molar-refractivity contribution in [2.75, 3.05) is 72.5 Å². The van der Waals surface area contributed by atoms with Crippen LogP contribution in [0.15, 0.2) is 85.2 Å². The van der Waals surface area contributed by atoms with Crippen LogP contribution in [0.5, 0.6) is 5.75 Å². The second kappa shape index (κ2) is 50.4. The zero-order valence-corrected chi connectivity index (χ0v) is 76.2. The van der Waals surface area contributed by atoms with Crippen LogP contribution in [0.2, 0.25) is 0 Å².